The predicted molar refractivity (Wildman–Crippen MR) is 63.3 cm³/mol. The van der Waals surface area contributed by atoms with Crippen LogP contribution in [0.4, 0.5) is 0 Å². The van der Waals surface area contributed by atoms with Gasteiger partial charge in [-0.25, -0.2) is 5.01 Å². The zero-order valence-corrected chi connectivity index (χ0v) is 10.4. The highest BCUT2D eigenvalue weighted by Crippen LogP contribution is 2.23. The van der Waals surface area contributed by atoms with Crippen LogP contribution in [0.5, 0.6) is 0 Å². The fraction of sp³-hybridized carbons (Fsp3) is 0.833. The molecule has 3 saturated heterocycles. The van der Waals surface area contributed by atoms with Gasteiger partial charge in [-0.1, -0.05) is 0 Å². The molecule has 0 saturated carbocycles. The van der Waals surface area contributed by atoms with Crippen molar-refractivity contribution in [3.05, 3.63) is 11.8 Å². The van der Waals surface area contributed by atoms with Gasteiger partial charge < -0.3 is 14.2 Å². The minimum absolute atomic E-state index is 0.393. The fourth-order valence-electron chi connectivity index (χ4n) is 2.36. The summed E-state index contributed by atoms with van der Waals surface area (Å²) >= 11 is 0. The van der Waals surface area contributed by atoms with Crippen molar-refractivity contribution in [3.63, 3.8) is 0 Å². The Kier molecular flexibility index (Phi) is 2.78. The molecule has 0 amide bonds. The van der Waals surface area contributed by atoms with E-state index in [1.165, 1.54) is 5.57 Å². The van der Waals surface area contributed by atoms with Crippen LogP contribution in [0.15, 0.2) is 11.8 Å². The van der Waals surface area contributed by atoms with Gasteiger partial charge in [0, 0.05) is 19.3 Å². The molecule has 18 heavy (non-hydrogen) atoms. The average molecular weight is 253 g/mol. The SMILES string of the molecule is C1=C(CC2CO2)CN(CC2CO2)NN1CC1CO1. The molecule has 6 heteroatoms. The van der Waals surface area contributed by atoms with E-state index in [9.17, 15) is 0 Å². The predicted octanol–water partition coefficient (Wildman–Crippen LogP) is -0.506. The second-order valence-corrected chi connectivity index (χ2v) is 5.49. The Bertz CT molecular complexity index is 350. The van der Waals surface area contributed by atoms with Gasteiger partial charge in [0.25, 0.3) is 0 Å². The van der Waals surface area contributed by atoms with Gasteiger partial charge in [0.05, 0.1) is 44.7 Å². The molecule has 0 aromatic carbocycles. The first-order valence-corrected chi connectivity index (χ1v) is 6.67. The Morgan fingerprint density at radius 1 is 1.06 bits per heavy atom. The monoisotopic (exact) mass is 253 g/mol. The van der Waals surface area contributed by atoms with Gasteiger partial charge in [0.2, 0.25) is 0 Å². The summed E-state index contributed by atoms with van der Waals surface area (Å²) in [6.07, 6.45) is 4.52. The van der Waals surface area contributed by atoms with E-state index < -0.39 is 0 Å². The van der Waals surface area contributed by atoms with Crippen molar-refractivity contribution in [3.8, 4) is 0 Å². The van der Waals surface area contributed by atoms with Crippen molar-refractivity contribution in [2.24, 2.45) is 0 Å². The molecular weight excluding hydrogens is 234 g/mol. The Labute approximate surface area is 106 Å². The van der Waals surface area contributed by atoms with Gasteiger partial charge >= 0.3 is 0 Å². The summed E-state index contributed by atoms with van der Waals surface area (Å²) in [5, 5.41) is 4.37. The molecule has 3 atom stereocenters. The lowest BCUT2D eigenvalue weighted by atomic mass is 10.1. The van der Waals surface area contributed by atoms with Crippen molar-refractivity contribution >= 4 is 0 Å². The molecule has 6 nitrogen and oxygen atoms in total. The molecular formula is C12H19N3O3. The lowest BCUT2D eigenvalue weighted by Gasteiger charge is -2.35. The maximum atomic E-state index is 5.32. The molecule has 4 heterocycles. The largest absolute Gasteiger partial charge is 0.373 e. The van der Waals surface area contributed by atoms with E-state index in [0.717, 1.165) is 45.9 Å². The molecule has 1 N–H and O–H groups in total. The van der Waals surface area contributed by atoms with Crippen LogP contribution >= 0.6 is 0 Å². The quantitative estimate of drug-likeness (QED) is 0.644. The first kappa shape index (κ1) is 11.2. The van der Waals surface area contributed by atoms with Crippen molar-refractivity contribution in [1.82, 2.24) is 15.6 Å². The van der Waals surface area contributed by atoms with Crippen LogP contribution in [0.25, 0.3) is 0 Å². The number of hydrogen-bond donors (Lipinski definition) is 1. The smallest absolute Gasteiger partial charge is 0.1000 e. The molecule has 0 bridgehead atoms. The second-order valence-electron chi connectivity index (χ2n) is 5.49. The first-order chi connectivity index (χ1) is 8.85. The second kappa shape index (κ2) is 4.47. The summed E-state index contributed by atoms with van der Waals surface area (Å²) in [5.41, 5.74) is 4.84. The van der Waals surface area contributed by atoms with E-state index in [1.807, 2.05) is 0 Å². The highest BCUT2D eigenvalue weighted by molar-refractivity contribution is 5.09. The lowest BCUT2D eigenvalue weighted by molar-refractivity contribution is 0.0382. The normalized spacial score (nSPS) is 38.6. The number of ether oxygens (including phenoxy) is 3. The minimum atomic E-state index is 0.393. The van der Waals surface area contributed by atoms with Gasteiger partial charge in [-0.05, 0) is 12.0 Å². The van der Waals surface area contributed by atoms with Crippen LogP contribution in [0.1, 0.15) is 6.42 Å². The van der Waals surface area contributed by atoms with Crippen LogP contribution in [0.3, 0.4) is 0 Å². The van der Waals surface area contributed by atoms with Crippen LogP contribution in [-0.4, -0.2) is 67.8 Å². The van der Waals surface area contributed by atoms with E-state index in [1.54, 1.807) is 0 Å². The Morgan fingerprint density at radius 2 is 1.72 bits per heavy atom. The Morgan fingerprint density at radius 3 is 2.39 bits per heavy atom. The molecule has 3 unspecified atom stereocenters. The van der Waals surface area contributed by atoms with Crippen LogP contribution in [0, 0.1) is 0 Å². The molecule has 0 aromatic rings. The summed E-state index contributed by atoms with van der Waals surface area (Å²) in [6.45, 7) is 5.53. The Balaban J connectivity index is 1.38. The number of nitrogens with zero attached hydrogens (tertiary/aromatic N) is 2. The minimum Gasteiger partial charge on any atom is -0.373 e. The topological polar surface area (TPSA) is 56.1 Å². The number of hydrazine groups is 2. The van der Waals surface area contributed by atoms with Gasteiger partial charge in [-0.3, -0.25) is 5.01 Å². The summed E-state index contributed by atoms with van der Waals surface area (Å²) in [7, 11) is 0. The summed E-state index contributed by atoms with van der Waals surface area (Å²) in [6, 6.07) is 0. The van der Waals surface area contributed by atoms with E-state index in [2.05, 4.69) is 21.8 Å². The zero-order valence-electron chi connectivity index (χ0n) is 10.4. The first-order valence-electron chi connectivity index (χ1n) is 6.67. The van der Waals surface area contributed by atoms with Crippen LogP contribution in [0.2, 0.25) is 0 Å². The molecule has 4 aliphatic heterocycles. The maximum Gasteiger partial charge on any atom is 0.1000 e. The van der Waals surface area contributed by atoms with Gasteiger partial charge in [-0.15, -0.1) is 0 Å². The third kappa shape index (κ3) is 3.02. The van der Waals surface area contributed by atoms with Gasteiger partial charge in [-0.2, -0.15) is 5.53 Å². The molecule has 4 aliphatic rings. The number of rotatable bonds is 6. The summed E-state index contributed by atoms with van der Waals surface area (Å²) < 4.78 is 15.9. The van der Waals surface area contributed by atoms with Gasteiger partial charge in [0.1, 0.15) is 0 Å². The third-order valence-corrected chi connectivity index (χ3v) is 3.52. The van der Waals surface area contributed by atoms with E-state index in [0.29, 0.717) is 18.3 Å². The molecule has 3 fully saturated rings. The number of nitrogens with one attached hydrogen (secondary N) is 1. The van der Waals surface area contributed by atoms with E-state index in [4.69, 9.17) is 14.2 Å². The summed E-state index contributed by atoms with van der Waals surface area (Å²) in [5.74, 6) is 0. The molecule has 4 rings (SSSR count). The van der Waals surface area contributed by atoms with E-state index >= 15 is 0 Å². The average Bonchev–Trinajstić information content (AvgIpc) is 3.17. The van der Waals surface area contributed by atoms with Crippen LogP contribution in [-0.2, 0) is 14.2 Å². The maximum absolute atomic E-state index is 5.32. The highest BCUT2D eigenvalue weighted by Gasteiger charge is 2.32. The lowest BCUT2D eigenvalue weighted by Crippen LogP contribution is -2.53. The molecule has 0 radical (unpaired) electrons. The zero-order chi connectivity index (χ0) is 11.9. The molecule has 0 spiro atoms. The fourth-order valence-corrected chi connectivity index (χ4v) is 2.36. The van der Waals surface area contributed by atoms with Crippen molar-refractivity contribution in [2.45, 2.75) is 24.7 Å². The molecule has 100 valence electrons. The Hall–Kier alpha value is -0.660. The van der Waals surface area contributed by atoms with Crippen molar-refractivity contribution in [2.75, 3.05) is 39.5 Å². The van der Waals surface area contributed by atoms with Crippen LogP contribution < -0.4 is 5.53 Å². The highest BCUT2D eigenvalue weighted by atomic mass is 16.6. The van der Waals surface area contributed by atoms with Crippen molar-refractivity contribution < 1.29 is 14.2 Å². The molecule has 0 aromatic heterocycles. The van der Waals surface area contributed by atoms with Crippen molar-refractivity contribution in [1.29, 1.82) is 0 Å². The van der Waals surface area contributed by atoms with Gasteiger partial charge in [0.15, 0.2) is 0 Å². The van der Waals surface area contributed by atoms with E-state index in [-0.39, 0.29) is 0 Å². The number of epoxide rings is 3. The third-order valence-electron chi connectivity index (χ3n) is 3.52. The molecule has 0 aliphatic carbocycles. The number of hydrogen-bond acceptors (Lipinski definition) is 6. The summed E-state index contributed by atoms with van der Waals surface area (Å²) in [4.78, 5) is 0. The standard InChI is InChI=1S/C12H19N3O3/c1(10-6-16-10)9-2-14(4-11-7-17-11)13-15(3-9)5-12-8-18-12/h2,10-13H,1,3-8H2.